The zero-order valence-electron chi connectivity index (χ0n) is 51.9. The Morgan fingerprint density at radius 2 is 0.568 bits per heavy atom. The van der Waals surface area contributed by atoms with Crippen molar-refractivity contribution in [3.05, 3.63) is 0 Å². The van der Waals surface area contributed by atoms with Gasteiger partial charge in [0, 0.05) is 25.7 Å². The van der Waals surface area contributed by atoms with Crippen molar-refractivity contribution in [3.8, 4) is 0 Å². The number of unbranched alkanes of at least 4 members (excludes halogenated alkanes) is 34. The average Bonchev–Trinajstić information content (AvgIpc) is 3.44. The summed E-state index contributed by atoms with van der Waals surface area (Å²) in [6.45, 7) is 7.13. The molecular formula is C62H120O17P2. The molecule has 0 rings (SSSR count). The molecular weight excluding hydrogens is 1080 g/mol. The van der Waals surface area contributed by atoms with E-state index in [2.05, 4.69) is 34.6 Å². The maximum Gasteiger partial charge on any atom is 0.472 e. The molecule has 19 heteroatoms. The third-order valence-electron chi connectivity index (χ3n) is 14.3. The SMILES string of the molecule is CCCCCCCCCCCCC(=O)OC[C@H](COP(=O)(O)OC[C@@H](O)COP(=O)(O)OC[C@@H](COC(=O)CCCCCCCCCC)OC(=O)CCCCCCCCCC)OC(=O)CCCCCCCCCCCCCCC(C)C. The average molecular weight is 1200 g/mol. The van der Waals surface area contributed by atoms with Crippen molar-refractivity contribution in [2.75, 3.05) is 39.6 Å². The molecule has 17 nitrogen and oxygen atoms in total. The van der Waals surface area contributed by atoms with Gasteiger partial charge in [-0.05, 0) is 31.6 Å². The molecule has 0 heterocycles. The molecule has 0 radical (unpaired) electrons. The quantitative estimate of drug-likeness (QED) is 0.0222. The number of phosphoric acid groups is 2. The normalized spacial score (nSPS) is 14.3. The number of carbonyl (C=O) groups is 4. The Morgan fingerprint density at radius 3 is 0.840 bits per heavy atom. The highest BCUT2D eigenvalue weighted by Gasteiger charge is 2.30. The van der Waals surface area contributed by atoms with Crippen molar-refractivity contribution in [3.63, 3.8) is 0 Å². The van der Waals surface area contributed by atoms with E-state index < -0.39 is 97.5 Å². The Kier molecular flexibility index (Phi) is 54.6. The summed E-state index contributed by atoms with van der Waals surface area (Å²) in [5, 5.41) is 10.5. The number of phosphoric ester groups is 2. The van der Waals surface area contributed by atoms with Crippen molar-refractivity contribution >= 4 is 39.5 Å². The van der Waals surface area contributed by atoms with Gasteiger partial charge in [0.25, 0.3) is 0 Å². The molecule has 0 aromatic carbocycles. The summed E-state index contributed by atoms with van der Waals surface area (Å²) in [6.07, 6.45) is 39.0. The highest BCUT2D eigenvalue weighted by atomic mass is 31.2. The molecule has 0 aliphatic rings. The summed E-state index contributed by atoms with van der Waals surface area (Å²) in [6, 6.07) is 0. The third kappa shape index (κ3) is 56.9. The van der Waals surface area contributed by atoms with Crippen LogP contribution >= 0.6 is 15.6 Å². The van der Waals surface area contributed by atoms with Gasteiger partial charge >= 0.3 is 39.5 Å². The predicted molar refractivity (Wildman–Crippen MR) is 322 cm³/mol. The molecule has 0 saturated carbocycles. The summed E-state index contributed by atoms with van der Waals surface area (Å²) < 4.78 is 67.8. The second-order valence-electron chi connectivity index (χ2n) is 22.9. The van der Waals surface area contributed by atoms with E-state index in [9.17, 15) is 43.2 Å². The van der Waals surface area contributed by atoms with Crippen molar-refractivity contribution in [2.24, 2.45) is 5.92 Å². The Morgan fingerprint density at radius 1 is 0.333 bits per heavy atom. The maximum atomic E-state index is 13.0. The molecule has 0 aromatic rings. The molecule has 5 atom stereocenters. The second-order valence-corrected chi connectivity index (χ2v) is 25.8. The molecule has 0 bridgehead atoms. The topological polar surface area (TPSA) is 237 Å². The number of carbonyl (C=O) groups excluding carboxylic acids is 4. The zero-order chi connectivity index (χ0) is 59.9. The Balaban J connectivity index is 5.19. The lowest BCUT2D eigenvalue weighted by molar-refractivity contribution is -0.161. The van der Waals surface area contributed by atoms with E-state index in [-0.39, 0.29) is 25.7 Å². The van der Waals surface area contributed by atoms with Gasteiger partial charge in [0.2, 0.25) is 0 Å². The number of hydrogen-bond acceptors (Lipinski definition) is 15. The van der Waals surface area contributed by atoms with Gasteiger partial charge in [-0.25, -0.2) is 9.13 Å². The smallest absolute Gasteiger partial charge is 0.462 e. The summed E-state index contributed by atoms with van der Waals surface area (Å²) in [5.41, 5.74) is 0. The van der Waals surface area contributed by atoms with Crippen molar-refractivity contribution in [2.45, 2.75) is 329 Å². The van der Waals surface area contributed by atoms with Crippen LogP contribution in [0, 0.1) is 5.92 Å². The van der Waals surface area contributed by atoms with Crippen LogP contribution in [0.4, 0.5) is 0 Å². The van der Waals surface area contributed by atoms with Crippen molar-refractivity contribution in [1.29, 1.82) is 0 Å². The number of rotatable bonds is 62. The highest BCUT2D eigenvalue weighted by molar-refractivity contribution is 7.47. The van der Waals surface area contributed by atoms with E-state index >= 15 is 0 Å². The van der Waals surface area contributed by atoms with Gasteiger partial charge in [0.05, 0.1) is 26.4 Å². The summed E-state index contributed by atoms with van der Waals surface area (Å²) in [5.74, 6) is -1.36. The first-order valence-electron chi connectivity index (χ1n) is 32.6. The molecule has 480 valence electrons. The molecule has 81 heavy (non-hydrogen) atoms. The number of hydrogen-bond donors (Lipinski definition) is 3. The zero-order valence-corrected chi connectivity index (χ0v) is 53.7. The van der Waals surface area contributed by atoms with Crippen LogP contribution in [0.3, 0.4) is 0 Å². The number of aliphatic hydroxyl groups excluding tert-OH is 1. The number of aliphatic hydroxyl groups is 1. The van der Waals surface area contributed by atoms with Crippen molar-refractivity contribution < 1.29 is 80.2 Å². The van der Waals surface area contributed by atoms with Crippen LogP contribution in [-0.4, -0.2) is 96.7 Å². The molecule has 0 aromatic heterocycles. The van der Waals surface area contributed by atoms with E-state index in [1.807, 2.05) is 0 Å². The van der Waals surface area contributed by atoms with E-state index in [0.29, 0.717) is 25.7 Å². The predicted octanol–water partition coefficient (Wildman–Crippen LogP) is 17.0. The van der Waals surface area contributed by atoms with E-state index in [1.54, 1.807) is 0 Å². The van der Waals surface area contributed by atoms with Gasteiger partial charge in [-0.2, -0.15) is 0 Å². The standard InChI is InChI=1S/C62H120O17P2/c1-6-9-12-15-18-21-27-32-36-41-46-60(65)73-52-58(79-62(67)48-43-38-33-28-25-23-22-24-26-29-34-39-44-55(4)5)54-77-81(70,71)75-50-56(63)49-74-80(68,69)76-53-57(78-61(66)47-42-37-31-20-17-14-11-8-3)51-72-59(64)45-40-35-30-19-16-13-10-7-2/h55-58,63H,6-54H2,1-5H3,(H,68,69)(H,70,71)/t56-,57+,58+/m0/s1. The number of ether oxygens (including phenoxy) is 4. The summed E-state index contributed by atoms with van der Waals surface area (Å²) in [4.78, 5) is 71.9. The Labute approximate surface area is 492 Å². The van der Waals surface area contributed by atoms with E-state index in [0.717, 1.165) is 109 Å². The first-order chi connectivity index (χ1) is 39.0. The van der Waals surface area contributed by atoms with Gasteiger partial charge in [0.15, 0.2) is 12.2 Å². The molecule has 0 saturated heterocycles. The van der Waals surface area contributed by atoms with Gasteiger partial charge in [-0.1, -0.05) is 259 Å². The molecule has 0 aliphatic carbocycles. The summed E-state index contributed by atoms with van der Waals surface area (Å²) >= 11 is 0. The van der Waals surface area contributed by atoms with Gasteiger partial charge in [0.1, 0.15) is 19.3 Å². The van der Waals surface area contributed by atoms with Crippen LogP contribution < -0.4 is 0 Å². The first kappa shape index (κ1) is 79.1. The fourth-order valence-electron chi connectivity index (χ4n) is 9.23. The molecule has 0 fully saturated rings. The van der Waals surface area contributed by atoms with Crippen LogP contribution in [-0.2, 0) is 65.4 Å². The highest BCUT2D eigenvalue weighted by Crippen LogP contribution is 2.45. The lowest BCUT2D eigenvalue weighted by Crippen LogP contribution is -2.30. The molecule has 0 amide bonds. The molecule has 0 spiro atoms. The Bertz CT molecular complexity index is 1580. The fourth-order valence-corrected chi connectivity index (χ4v) is 10.8. The first-order valence-corrected chi connectivity index (χ1v) is 35.6. The minimum absolute atomic E-state index is 0.105. The van der Waals surface area contributed by atoms with Crippen LogP contribution in [0.1, 0.15) is 311 Å². The van der Waals surface area contributed by atoms with Crippen LogP contribution in [0.5, 0.6) is 0 Å². The second kappa shape index (κ2) is 55.9. The minimum atomic E-state index is -4.94. The number of esters is 4. The van der Waals surface area contributed by atoms with E-state index in [4.69, 9.17) is 37.0 Å². The van der Waals surface area contributed by atoms with Crippen LogP contribution in [0.15, 0.2) is 0 Å². The van der Waals surface area contributed by atoms with Gasteiger partial charge in [-0.15, -0.1) is 0 Å². The van der Waals surface area contributed by atoms with Crippen LogP contribution in [0.2, 0.25) is 0 Å². The Hall–Kier alpha value is -1.94. The largest absolute Gasteiger partial charge is 0.472 e. The fraction of sp³-hybridized carbons (Fsp3) is 0.935. The molecule has 2 unspecified atom stereocenters. The maximum absolute atomic E-state index is 13.0. The van der Waals surface area contributed by atoms with Gasteiger partial charge < -0.3 is 33.8 Å². The van der Waals surface area contributed by atoms with Crippen LogP contribution in [0.25, 0.3) is 0 Å². The third-order valence-corrected chi connectivity index (χ3v) is 16.2. The minimum Gasteiger partial charge on any atom is -0.462 e. The lowest BCUT2D eigenvalue weighted by atomic mass is 10.0. The van der Waals surface area contributed by atoms with Gasteiger partial charge in [-0.3, -0.25) is 37.3 Å². The molecule has 0 aliphatic heterocycles. The lowest BCUT2D eigenvalue weighted by Gasteiger charge is -2.21. The van der Waals surface area contributed by atoms with Crippen molar-refractivity contribution in [1.82, 2.24) is 0 Å². The monoisotopic (exact) mass is 1200 g/mol. The summed E-state index contributed by atoms with van der Waals surface area (Å²) in [7, 11) is -9.87. The molecule has 3 N–H and O–H groups in total. The van der Waals surface area contributed by atoms with E-state index in [1.165, 1.54) is 122 Å².